The Balaban J connectivity index is 2.72. The fourth-order valence-electron chi connectivity index (χ4n) is 1.64. The van der Waals surface area contributed by atoms with Gasteiger partial charge >= 0.3 is 0 Å². The van der Waals surface area contributed by atoms with Crippen LogP contribution in [0.1, 0.15) is 26.7 Å². The summed E-state index contributed by atoms with van der Waals surface area (Å²) in [4.78, 5) is 4.16. The van der Waals surface area contributed by atoms with Crippen LogP contribution in [0.25, 0.3) is 0 Å². The van der Waals surface area contributed by atoms with E-state index < -0.39 is 0 Å². The van der Waals surface area contributed by atoms with Crippen LogP contribution < -0.4 is 0 Å². The number of aliphatic imine (C=N–C) groups is 1. The van der Waals surface area contributed by atoms with E-state index in [1.54, 1.807) is 7.05 Å². The summed E-state index contributed by atoms with van der Waals surface area (Å²) in [6.07, 6.45) is 3.86. The van der Waals surface area contributed by atoms with Crippen molar-refractivity contribution in [1.82, 2.24) is 0 Å². The van der Waals surface area contributed by atoms with Crippen LogP contribution in [0.5, 0.6) is 0 Å². The lowest BCUT2D eigenvalue weighted by molar-refractivity contribution is 0.361. The summed E-state index contributed by atoms with van der Waals surface area (Å²) in [7, 11) is 1.78. The maximum atomic E-state index is 5.29. The highest BCUT2D eigenvalue weighted by Crippen LogP contribution is 2.53. The smallest absolute Gasteiger partial charge is 0.195 e. The quantitative estimate of drug-likeness (QED) is 0.359. The molecule has 0 spiro atoms. The lowest BCUT2D eigenvalue weighted by Crippen LogP contribution is -2.23. The van der Waals surface area contributed by atoms with Crippen LogP contribution in [0.3, 0.4) is 0 Å². The minimum atomic E-state index is 0.225. The van der Waals surface area contributed by atoms with Crippen molar-refractivity contribution in [2.75, 3.05) is 7.05 Å². The maximum absolute atomic E-state index is 5.29. The van der Waals surface area contributed by atoms with Gasteiger partial charge in [0.05, 0.1) is 6.26 Å². The normalized spacial score (nSPS) is 20.8. The Kier molecular flexibility index (Phi) is 2.55. The van der Waals surface area contributed by atoms with Crippen molar-refractivity contribution in [1.29, 1.82) is 0 Å². The molecule has 1 fully saturated rings. The fourth-order valence-corrected chi connectivity index (χ4v) is 1.64. The van der Waals surface area contributed by atoms with Crippen LogP contribution in [-0.4, -0.2) is 12.9 Å². The third-order valence-electron chi connectivity index (χ3n) is 2.72. The van der Waals surface area contributed by atoms with Crippen molar-refractivity contribution in [3.8, 4) is 0 Å². The lowest BCUT2D eigenvalue weighted by atomic mass is 9.92. The Morgan fingerprint density at radius 3 is 2.42 bits per heavy atom. The molecule has 0 bridgehead atoms. The van der Waals surface area contributed by atoms with Gasteiger partial charge in [0.2, 0.25) is 0 Å². The average molecular weight is 167 g/mol. The van der Waals surface area contributed by atoms with Crippen molar-refractivity contribution in [2.24, 2.45) is 16.3 Å². The molecule has 1 rings (SSSR count). The van der Waals surface area contributed by atoms with Gasteiger partial charge in [0, 0.05) is 12.5 Å². The predicted molar refractivity (Wildman–Crippen MR) is 51.1 cm³/mol. The second-order valence-corrected chi connectivity index (χ2v) is 3.62. The molecule has 0 unspecified atom stereocenters. The van der Waals surface area contributed by atoms with E-state index in [9.17, 15) is 0 Å². The molecule has 0 amide bonds. The van der Waals surface area contributed by atoms with Gasteiger partial charge in [-0.1, -0.05) is 20.4 Å². The molecule has 0 N–H and O–H groups in total. The number of hydrogen-bond acceptors (Lipinski definition) is 2. The van der Waals surface area contributed by atoms with E-state index >= 15 is 0 Å². The molecular weight excluding hydrogens is 150 g/mol. The largest absolute Gasteiger partial charge is 0.451 e. The minimum Gasteiger partial charge on any atom is -0.451 e. The Bertz CT molecular complexity index is 202. The molecule has 0 atom stereocenters. The molecule has 0 aromatic rings. The summed E-state index contributed by atoms with van der Waals surface area (Å²) in [5.41, 5.74) is 0.225. The molecule has 2 heteroatoms. The van der Waals surface area contributed by atoms with Crippen molar-refractivity contribution in [2.45, 2.75) is 26.7 Å². The first-order valence-electron chi connectivity index (χ1n) is 4.42. The zero-order chi connectivity index (χ0) is 9.19. The first-order valence-corrected chi connectivity index (χ1v) is 4.42. The van der Waals surface area contributed by atoms with Gasteiger partial charge in [-0.15, -0.1) is 0 Å². The summed E-state index contributed by atoms with van der Waals surface area (Å²) in [5.74, 6) is 1.46. The fraction of sp³-hybridized carbons (Fsp3) is 0.700. The van der Waals surface area contributed by atoms with Crippen LogP contribution in [0, 0.1) is 11.3 Å². The summed E-state index contributed by atoms with van der Waals surface area (Å²) < 4.78 is 5.29. The molecule has 1 aliphatic carbocycles. The van der Waals surface area contributed by atoms with E-state index in [2.05, 4.69) is 25.4 Å². The molecular formula is C10H17NO. The molecule has 12 heavy (non-hydrogen) atoms. The molecule has 0 aromatic heterocycles. The van der Waals surface area contributed by atoms with Crippen LogP contribution in [0.4, 0.5) is 0 Å². The predicted octanol–water partition coefficient (Wildman–Crippen LogP) is 2.61. The highest BCUT2D eigenvalue weighted by molar-refractivity contribution is 5.86. The van der Waals surface area contributed by atoms with E-state index in [1.165, 1.54) is 19.1 Å². The summed E-state index contributed by atoms with van der Waals surface area (Å²) in [6.45, 7) is 7.97. The zero-order valence-electron chi connectivity index (χ0n) is 8.13. The SMILES string of the molecule is C=COC(=NC)C1(C(C)C)CC1. The highest BCUT2D eigenvalue weighted by Gasteiger charge is 2.51. The van der Waals surface area contributed by atoms with Crippen molar-refractivity contribution >= 4 is 5.90 Å². The van der Waals surface area contributed by atoms with Crippen LogP contribution in [-0.2, 0) is 4.74 Å². The molecule has 1 aliphatic rings. The van der Waals surface area contributed by atoms with Crippen LogP contribution >= 0.6 is 0 Å². The number of rotatable bonds is 3. The third kappa shape index (κ3) is 1.38. The van der Waals surface area contributed by atoms with Gasteiger partial charge in [-0.05, 0) is 18.8 Å². The van der Waals surface area contributed by atoms with E-state index in [4.69, 9.17) is 4.74 Å². The monoisotopic (exact) mass is 167 g/mol. The Hall–Kier alpha value is -0.790. The number of hydrogen-bond donors (Lipinski definition) is 0. The van der Waals surface area contributed by atoms with Crippen molar-refractivity contribution in [3.63, 3.8) is 0 Å². The molecule has 0 saturated heterocycles. The number of ether oxygens (including phenoxy) is 1. The molecule has 68 valence electrons. The summed E-state index contributed by atoms with van der Waals surface area (Å²) in [6, 6.07) is 0. The van der Waals surface area contributed by atoms with E-state index in [0.717, 1.165) is 5.90 Å². The summed E-state index contributed by atoms with van der Waals surface area (Å²) in [5, 5.41) is 0. The minimum absolute atomic E-state index is 0.225. The lowest BCUT2D eigenvalue weighted by Gasteiger charge is -2.19. The molecule has 0 radical (unpaired) electrons. The molecule has 0 aliphatic heterocycles. The van der Waals surface area contributed by atoms with Gasteiger partial charge in [-0.3, -0.25) is 4.99 Å². The third-order valence-corrected chi connectivity index (χ3v) is 2.72. The van der Waals surface area contributed by atoms with E-state index in [-0.39, 0.29) is 5.41 Å². The average Bonchev–Trinajstić information content (AvgIpc) is 2.80. The number of nitrogens with zero attached hydrogens (tertiary/aromatic N) is 1. The molecule has 0 aromatic carbocycles. The second-order valence-electron chi connectivity index (χ2n) is 3.62. The van der Waals surface area contributed by atoms with Gasteiger partial charge in [0.1, 0.15) is 0 Å². The second kappa shape index (κ2) is 3.30. The Morgan fingerprint density at radius 2 is 2.17 bits per heavy atom. The van der Waals surface area contributed by atoms with Crippen molar-refractivity contribution in [3.05, 3.63) is 12.8 Å². The molecule has 0 heterocycles. The Labute approximate surface area is 74.3 Å². The molecule has 2 nitrogen and oxygen atoms in total. The van der Waals surface area contributed by atoms with E-state index in [0.29, 0.717) is 5.92 Å². The van der Waals surface area contributed by atoms with Crippen LogP contribution in [0.15, 0.2) is 17.8 Å². The maximum Gasteiger partial charge on any atom is 0.195 e. The van der Waals surface area contributed by atoms with Gasteiger partial charge in [0.15, 0.2) is 5.90 Å². The van der Waals surface area contributed by atoms with Crippen LogP contribution in [0.2, 0.25) is 0 Å². The zero-order valence-corrected chi connectivity index (χ0v) is 8.13. The first-order chi connectivity index (χ1) is 5.67. The standard InChI is InChI=1S/C10H17NO/c1-5-12-9(11-4)10(6-7-10)8(2)3/h5,8H,1,6-7H2,2-4H3. The first kappa shape index (κ1) is 9.30. The highest BCUT2D eigenvalue weighted by atomic mass is 16.5. The van der Waals surface area contributed by atoms with E-state index in [1.807, 2.05) is 0 Å². The Morgan fingerprint density at radius 1 is 1.58 bits per heavy atom. The van der Waals surface area contributed by atoms with Gasteiger partial charge in [-0.2, -0.15) is 0 Å². The van der Waals surface area contributed by atoms with Crippen molar-refractivity contribution < 1.29 is 4.74 Å². The topological polar surface area (TPSA) is 21.6 Å². The van der Waals surface area contributed by atoms with Gasteiger partial charge in [-0.25, -0.2) is 0 Å². The summed E-state index contributed by atoms with van der Waals surface area (Å²) >= 11 is 0. The molecule has 1 saturated carbocycles. The van der Waals surface area contributed by atoms with Gasteiger partial charge in [0.25, 0.3) is 0 Å². The van der Waals surface area contributed by atoms with Gasteiger partial charge < -0.3 is 4.74 Å².